The molecule has 0 heterocycles. The van der Waals surface area contributed by atoms with Crippen molar-refractivity contribution in [2.75, 3.05) is 0 Å². The van der Waals surface area contributed by atoms with Crippen molar-refractivity contribution >= 4 is 23.8 Å². The minimum absolute atomic E-state index is 0.987. The lowest BCUT2D eigenvalue weighted by Crippen LogP contribution is -1.83. The van der Waals surface area contributed by atoms with Crippen LogP contribution in [0.25, 0.3) is 11.1 Å². The number of aryl methyl sites for hydroxylation is 1. The lowest BCUT2D eigenvalue weighted by atomic mass is 10.0. The maximum atomic E-state index is 4.54. The van der Waals surface area contributed by atoms with Crippen molar-refractivity contribution < 1.29 is 0 Å². The Kier molecular flexibility index (Phi) is 6.09. The normalized spacial score (nSPS) is 13.1. The molecule has 0 amide bonds. The second kappa shape index (κ2) is 8.05. The van der Waals surface area contributed by atoms with Crippen LogP contribution in [0.4, 0.5) is 0 Å². The van der Waals surface area contributed by atoms with E-state index in [-0.39, 0.29) is 0 Å². The molecule has 22 heavy (non-hydrogen) atoms. The second-order valence-corrected chi connectivity index (χ2v) is 6.11. The zero-order valence-electron chi connectivity index (χ0n) is 13.6. The van der Waals surface area contributed by atoms with Crippen LogP contribution in [0.3, 0.4) is 0 Å². The Bertz CT molecular complexity index is 675. The van der Waals surface area contributed by atoms with Crippen LogP contribution < -0.4 is 0 Å². The van der Waals surface area contributed by atoms with Gasteiger partial charge in [-0.25, -0.2) is 0 Å². The topological polar surface area (TPSA) is 0 Å². The van der Waals surface area contributed by atoms with Gasteiger partial charge in [-0.3, -0.25) is 0 Å². The van der Waals surface area contributed by atoms with E-state index in [0.29, 0.717) is 0 Å². The van der Waals surface area contributed by atoms with E-state index in [2.05, 4.69) is 82.0 Å². The molecule has 0 aromatic heterocycles. The number of allylic oxidation sites excluding steroid dienone is 4. The van der Waals surface area contributed by atoms with Gasteiger partial charge in [0.1, 0.15) is 0 Å². The number of rotatable bonds is 2. The van der Waals surface area contributed by atoms with Crippen LogP contribution in [0, 0.1) is 6.92 Å². The predicted molar refractivity (Wildman–Crippen MR) is 101 cm³/mol. The smallest absolute Gasteiger partial charge is 0.0115 e. The molecule has 0 radical (unpaired) electrons. The lowest BCUT2D eigenvalue weighted by molar-refractivity contribution is 1.09. The van der Waals surface area contributed by atoms with Crippen molar-refractivity contribution in [3.05, 3.63) is 77.4 Å². The Morgan fingerprint density at radius 3 is 2.23 bits per heavy atom. The van der Waals surface area contributed by atoms with E-state index in [4.69, 9.17) is 0 Å². The first-order valence-electron chi connectivity index (χ1n) is 7.91. The molecule has 0 saturated heterocycles. The monoisotopic (exact) mass is 308 g/mol. The van der Waals surface area contributed by atoms with Gasteiger partial charge in [-0.15, -0.1) is 12.6 Å². The fourth-order valence-electron chi connectivity index (χ4n) is 2.41. The van der Waals surface area contributed by atoms with Crippen molar-refractivity contribution in [2.45, 2.75) is 38.5 Å². The molecule has 1 aliphatic rings. The summed E-state index contributed by atoms with van der Waals surface area (Å²) in [7, 11) is 0. The fourth-order valence-corrected chi connectivity index (χ4v) is 2.71. The standard InChI is InChI=1S/C18H16S.C3H8/c1-13-6-8-14(9-7-13)15-10-11-16(12-15)17-4-2-3-5-18(17)19;1-3-2/h2-10,12,19H,11H2,1H3;3H2,1-2H3. The highest BCUT2D eigenvalue weighted by molar-refractivity contribution is 7.80. The van der Waals surface area contributed by atoms with Crippen LogP contribution in [-0.4, -0.2) is 0 Å². The van der Waals surface area contributed by atoms with Crippen LogP contribution in [0.15, 0.2) is 65.6 Å². The van der Waals surface area contributed by atoms with Crippen LogP contribution in [0.1, 0.15) is 43.4 Å². The molecule has 0 aliphatic heterocycles. The van der Waals surface area contributed by atoms with E-state index in [9.17, 15) is 0 Å². The highest BCUT2D eigenvalue weighted by Gasteiger charge is 2.11. The molecular formula is C21H24S. The molecule has 0 bridgehead atoms. The fraction of sp³-hybridized carbons (Fsp3) is 0.238. The number of benzene rings is 2. The van der Waals surface area contributed by atoms with Crippen molar-refractivity contribution in [2.24, 2.45) is 0 Å². The first kappa shape index (κ1) is 16.6. The Morgan fingerprint density at radius 2 is 1.59 bits per heavy atom. The van der Waals surface area contributed by atoms with Crippen molar-refractivity contribution in [3.63, 3.8) is 0 Å². The number of hydrogen-bond donors (Lipinski definition) is 1. The second-order valence-electron chi connectivity index (χ2n) is 5.62. The zero-order chi connectivity index (χ0) is 15.9. The average Bonchev–Trinajstić information content (AvgIpc) is 2.99. The van der Waals surface area contributed by atoms with Gasteiger partial charge >= 0.3 is 0 Å². The van der Waals surface area contributed by atoms with Gasteiger partial charge < -0.3 is 0 Å². The zero-order valence-corrected chi connectivity index (χ0v) is 14.5. The summed E-state index contributed by atoms with van der Waals surface area (Å²) in [6, 6.07) is 17.0. The summed E-state index contributed by atoms with van der Waals surface area (Å²) >= 11 is 4.54. The van der Waals surface area contributed by atoms with Gasteiger partial charge in [-0.1, -0.05) is 80.4 Å². The first-order chi connectivity index (χ1) is 10.7. The summed E-state index contributed by atoms with van der Waals surface area (Å²) in [4.78, 5) is 1.05. The van der Waals surface area contributed by atoms with E-state index in [1.807, 2.05) is 12.1 Å². The molecule has 0 nitrogen and oxygen atoms in total. The molecule has 0 spiro atoms. The van der Waals surface area contributed by atoms with Crippen LogP contribution >= 0.6 is 12.6 Å². The molecule has 0 unspecified atom stereocenters. The Morgan fingerprint density at radius 1 is 0.955 bits per heavy atom. The summed E-state index contributed by atoms with van der Waals surface area (Å²) < 4.78 is 0. The molecule has 114 valence electrons. The third kappa shape index (κ3) is 4.14. The van der Waals surface area contributed by atoms with Gasteiger partial charge in [-0.2, -0.15) is 0 Å². The van der Waals surface area contributed by atoms with Crippen molar-refractivity contribution in [1.82, 2.24) is 0 Å². The Labute approximate surface area is 140 Å². The molecule has 0 saturated carbocycles. The minimum atomic E-state index is 0.987. The summed E-state index contributed by atoms with van der Waals surface area (Å²) in [5.74, 6) is 0. The lowest BCUT2D eigenvalue weighted by Gasteiger charge is -2.05. The predicted octanol–water partition coefficient (Wildman–Crippen LogP) is 6.57. The molecular weight excluding hydrogens is 284 g/mol. The van der Waals surface area contributed by atoms with Gasteiger partial charge in [0.05, 0.1) is 0 Å². The molecule has 3 rings (SSSR count). The maximum absolute atomic E-state index is 4.54. The SMILES string of the molecule is CCC.Cc1ccc(C2=CCC(c3ccccc3S)=C2)cc1. The summed E-state index contributed by atoms with van der Waals surface area (Å²) in [5.41, 5.74) is 6.49. The molecule has 1 heteroatoms. The molecule has 0 fully saturated rings. The van der Waals surface area contributed by atoms with E-state index < -0.39 is 0 Å². The van der Waals surface area contributed by atoms with E-state index in [0.717, 1.165) is 11.3 Å². The average molecular weight is 308 g/mol. The summed E-state index contributed by atoms with van der Waals surface area (Å²) in [6.45, 7) is 6.37. The molecule has 2 aromatic carbocycles. The largest absolute Gasteiger partial charge is 0.143 e. The maximum Gasteiger partial charge on any atom is 0.0115 e. The molecule has 0 atom stereocenters. The van der Waals surface area contributed by atoms with Gasteiger partial charge in [0.25, 0.3) is 0 Å². The van der Waals surface area contributed by atoms with Gasteiger partial charge in [0, 0.05) is 4.90 Å². The molecule has 1 aliphatic carbocycles. The third-order valence-corrected chi connectivity index (χ3v) is 3.90. The molecule has 2 aromatic rings. The van der Waals surface area contributed by atoms with Crippen LogP contribution in [0.5, 0.6) is 0 Å². The summed E-state index contributed by atoms with van der Waals surface area (Å²) in [6.07, 6.45) is 6.81. The summed E-state index contributed by atoms with van der Waals surface area (Å²) in [5, 5.41) is 0. The van der Waals surface area contributed by atoms with Gasteiger partial charge in [0.15, 0.2) is 0 Å². The van der Waals surface area contributed by atoms with E-state index in [1.165, 1.54) is 34.3 Å². The van der Waals surface area contributed by atoms with Crippen LogP contribution in [0.2, 0.25) is 0 Å². The third-order valence-electron chi connectivity index (χ3n) is 3.51. The number of thiol groups is 1. The highest BCUT2D eigenvalue weighted by Crippen LogP contribution is 2.34. The Hall–Kier alpha value is -1.73. The Balaban J connectivity index is 0.000000545. The molecule has 0 N–H and O–H groups in total. The van der Waals surface area contributed by atoms with E-state index in [1.54, 1.807) is 0 Å². The highest BCUT2D eigenvalue weighted by atomic mass is 32.1. The number of hydrogen-bond acceptors (Lipinski definition) is 1. The van der Waals surface area contributed by atoms with E-state index >= 15 is 0 Å². The van der Waals surface area contributed by atoms with Crippen molar-refractivity contribution in [1.29, 1.82) is 0 Å². The first-order valence-corrected chi connectivity index (χ1v) is 8.36. The minimum Gasteiger partial charge on any atom is -0.143 e. The van der Waals surface area contributed by atoms with Crippen molar-refractivity contribution in [3.8, 4) is 0 Å². The van der Waals surface area contributed by atoms with Gasteiger partial charge in [0.2, 0.25) is 0 Å². The quantitative estimate of drug-likeness (QED) is 0.596. The van der Waals surface area contributed by atoms with Crippen LogP contribution in [-0.2, 0) is 0 Å². The van der Waals surface area contributed by atoms with Gasteiger partial charge in [-0.05, 0) is 41.7 Å².